The Bertz CT molecular complexity index is 1000. The van der Waals surface area contributed by atoms with E-state index in [1.807, 2.05) is 18.2 Å². The first-order chi connectivity index (χ1) is 14.2. The third kappa shape index (κ3) is 5.64. The number of nitrogens with one attached hydrogen (secondary N) is 1. The summed E-state index contributed by atoms with van der Waals surface area (Å²) in [6, 6.07) is 14.0. The van der Waals surface area contributed by atoms with Crippen molar-refractivity contribution in [1.29, 1.82) is 0 Å². The van der Waals surface area contributed by atoms with Gasteiger partial charge in [-0.1, -0.05) is 43.7 Å². The second-order valence-corrected chi connectivity index (χ2v) is 6.72. The van der Waals surface area contributed by atoms with Gasteiger partial charge < -0.3 is 10.1 Å². The minimum Gasteiger partial charge on any atom is -0.490 e. The zero-order valence-corrected chi connectivity index (χ0v) is 16.5. The van der Waals surface area contributed by atoms with Crippen LogP contribution in [-0.4, -0.2) is 17.5 Å². The monoisotopic (exact) mass is 392 g/mol. The Morgan fingerprint density at radius 1 is 1.14 bits per heavy atom. The number of carbonyl (C=O) groups excluding carboxylic acids is 1. The van der Waals surface area contributed by atoms with E-state index in [-0.39, 0.29) is 18.2 Å². The fraction of sp³-hybridized carbons (Fsp3) is 0.250. The Morgan fingerprint density at radius 2 is 2.00 bits per heavy atom. The summed E-state index contributed by atoms with van der Waals surface area (Å²) in [5.74, 6) is -0.493. The van der Waals surface area contributed by atoms with Gasteiger partial charge in [-0.3, -0.25) is 9.78 Å². The third-order valence-electron chi connectivity index (χ3n) is 4.51. The van der Waals surface area contributed by atoms with E-state index >= 15 is 0 Å². The van der Waals surface area contributed by atoms with Crippen molar-refractivity contribution in [3.8, 4) is 5.75 Å². The normalized spacial score (nSPS) is 11.1. The second kappa shape index (κ2) is 10.4. The molecule has 3 rings (SSSR count). The van der Waals surface area contributed by atoms with Crippen molar-refractivity contribution in [3.63, 3.8) is 0 Å². The summed E-state index contributed by atoms with van der Waals surface area (Å²) in [7, 11) is 0. The maximum atomic E-state index is 14.7. The molecule has 0 unspecified atom stereocenters. The molecule has 0 aliphatic rings. The zero-order valence-electron chi connectivity index (χ0n) is 16.5. The molecule has 1 N–H and O–H groups in total. The number of fused-ring (bicyclic) bond motifs is 1. The van der Waals surface area contributed by atoms with Crippen molar-refractivity contribution in [2.45, 2.75) is 32.7 Å². The molecule has 3 aromatic rings. The molecule has 0 spiro atoms. The summed E-state index contributed by atoms with van der Waals surface area (Å²) in [4.78, 5) is 16.7. The van der Waals surface area contributed by atoms with Crippen LogP contribution in [0.1, 0.15) is 42.1 Å². The molecule has 0 aliphatic heterocycles. The van der Waals surface area contributed by atoms with Crippen LogP contribution in [-0.2, 0) is 6.54 Å². The quantitative estimate of drug-likeness (QED) is 0.390. The largest absolute Gasteiger partial charge is 0.490 e. The number of carbonyl (C=O) groups is 1. The fourth-order valence-electron chi connectivity index (χ4n) is 2.94. The predicted molar refractivity (Wildman–Crippen MR) is 113 cm³/mol. The average molecular weight is 392 g/mol. The van der Waals surface area contributed by atoms with Gasteiger partial charge in [0.05, 0.1) is 12.1 Å². The minimum absolute atomic E-state index is 0.0867. The maximum absolute atomic E-state index is 14.7. The Labute approximate surface area is 170 Å². The highest BCUT2D eigenvalue weighted by Gasteiger charge is 2.12. The molecule has 5 heteroatoms. The van der Waals surface area contributed by atoms with Gasteiger partial charge in [0, 0.05) is 29.3 Å². The van der Waals surface area contributed by atoms with Crippen molar-refractivity contribution in [2.75, 3.05) is 6.61 Å². The summed E-state index contributed by atoms with van der Waals surface area (Å²) >= 11 is 0. The molecule has 1 amide bonds. The lowest BCUT2D eigenvalue weighted by Gasteiger charge is -2.11. The molecule has 4 nitrogen and oxygen atoms in total. The van der Waals surface area contributed by atoms with Crippen LogP contribution >= 0.6 is 0 Å². The van der Waals surface area contributed by atoms with Crippen LogP contribution in [0.2, 0.25) is 0 Å². The number of pyridine rings is 1. The van der Waals surface area contributed by atoms with Gasteiger partial charge in [-0.2, -0.15) is 0 Å². The molecule has 0 saturated carbocycles. The minimum atomic E-state index is -0.437. The van der Waals surface area contributed by atoms with Crippen molar-refractivity contribution < 1.29 is 13.9 Å². The number of nitrogens with zero attached hydrogens (tertiary/aromatic N) is 1. The number of allylic oxidation sites excluding steroid dienone is 1. The number of ether oxygens (including phenoxy) is 1. The first-order valence-corrected chi connectivity index (χ1v) is 9.87. The highest BCUT2D eigenvalue weighted by atomic mass is 19.1. The van der Waals surface area contributed by atoms with E-state index in [0.29, 0.717) is 17.7 Å². The molecule has 0 fully saturated rings. The Balaban J connectivity index is 1.58. The second-order valence-electron chi connectivity index (χ2n) is 6.72. The molecule has 0 bridgehead atoms. The molecule has 29 heavy (non-hydrogen) atoms. The number of rotatable bonds is 9. The van der Waals surface area contributed by atoms with Crippen LogP contribution in [0.25, 0.3) is 10.9 Å². The predicted octanol–water partition coefficient (Wildman–Crippen LogP) is 5.43. The molecule has 0 saturated heterocycles. The highest BCUT2D eigenvalue weighted by molar-refractivity contribution is 5.97. The van der Waals surface area contributed by atoms with E-state index < -0.39 is 5.82 Å². The Kier molecular flexibility index (Phi) is 7.34. The standard InChI is InChI=1S/C24H25FN2O2/c1-2-3-4-5-6-15-29-22-11-7-9-20(23(22)25)17-27-24(28)19-12-13-21-18(16-19)10-8-14-26-21/h4-5,7-14,16H,2-3,6,15,17H2,1H3,(H,27,28)/b5-4+. The fourth-order valence-corrected chi connectivity index (χ4v) is 2.94. The number of unbranched alkanes of at least 4 members (excludes halogenated alkanes) is 1. The number of hydrogen-bond acceptors (Lipinski definition) is 3. The average Bonchev–Trinajstić information content (AvgIpc) is 2.75. The third-order valence-corrected chi connectivity index (χ3v) is 4.51. The van der Waals surface area contributed by atoms with Gasteiger partial charge in [-0.05, 0) is 43.2 Å². The molecule has 2 aromatic carbocycles. The van der Waals surface area contributed by atoms with Crippen LogP contribution in [0.15, 0.2) is 66.9 Å². The lowest BCUT2D eigenvalue weighted by Crippen LogP contribution is -2.23. The Morgan fingerprint density at radius 3 is 2.86 bits per heavy atom. The van der Waals surface area contributed by atoms with E-state index in [2.05, 4.69) is 23.3 Å². The first-order valence-electron chi connectivity index (χ1n) is 9.87. The Hall–Kier alpha value is -3.21. The van der Waals surface area contributed by atoms with Gasteiger partial charge in [0.1, 0.15) is 0 Å². The van der Waals surface area contributed by atoms with Crippen molar-refractivity contribution in [1.82, 2.24) is 10.3 Å². The summed E-state index contributed by atoms with van der Waals surface area (Å²) in [5.41, 5.74) is 1.72. The van der Waals surface area contributed by atoms with E-state index in [9.17, 15) is 9.18 Å². The zero-order chi connectivity index (χ0) is 20.5. The molecule has 0 atom stereocenters. The van der Waals surface area contributed by atoms with E-state index in [1.54, 1.807) is 42.6 Å². The van der Waals surface area contributed by atoms with Gasteiger partial charge >= 0.3 is 0 Å². The summed E-state index contributed by atoms with van der Waals surface area (Å²) in [5, 5.41) is 3.66. The van der Waals surface area contributed by atoms with Crippen LogP contribution in [0, 0.1) is 5.82 Å². The maximum Gasteiger partial charge on any atom is 0.251 e. The number of benzene rings is 2. The molecule has 150 valence electrons. The van der Waals surface area contributed by atoms with Crippen molar-refractivity contribution >= 4 is 16.8 Å². The molecule has 1 aromatic heterocycles. The van der Waals surface area contributed by atoms with Crippen molar-refractivity contribution in [2.24, 2.45) is 0 Å². The molecular weight excluding hydrogens is 367 g/mol. The summed E-state index contributed by atoms with van der Waals surface area (Å²) < 4.78 is 20.2. The molecule has 1 heterocycles. The SMILES string of the molecule is CCC/C=C/CCOc1cccc(CNC(=O)c2ccc3ncccc3c2)c1F. The van der Waals surface area contributed by atoms with E-state index in [1.165, 1.54) is 0 Å². The van der Waals surface area contributed by atoms with Crippen LogP contribution in [0.5, 0.6) is 5.75 Å². The molecule has 0 radical (unpaired) electrons. The number of hydrogen-bond donors (Lipinski definition) is 1. The van der Waals surface area contributed by atoms with Crippen LogP contribution in [0.4, 0.5) is 4.39 Å². The van der Waals surface area contributed by atoms with E-state index in [4.69, 9.17) is 4.74 Å². The highest BCUT2D eigenvalue weighted by Crippen LogP contribution is 2.21. The number of halogens is 1. The van der Waals surface area contributed by atoms with Gasteiger partial charge in [0.15, 0.2) is 11.6 Å². The van der Waals surface area contributed by atoms with Crippen LogP contribution < -0.4 is 10.1 Å². The van der Waals surface area contributed by atoms with Gasteiger partial charge in [0.2, 0.25) is 0 Å². The molecular formula is C24H25FN2O2. The molecule has 0 aliphatic carbocycles. The smallest absolute Gasteiger partial charge is 0.251 e. The first kappa shape index (κ1) is 20.5. The van der Waals surface area contributed by atoms with Gasteiger partial charge in [0.25, 0.3) is 5.91 Å². The lowest BCUT2D eigenvalue weighted by molar-refractivity contribution is 0.0950. The lowest BCUT2D eigenvalue weighted by atomic mass is 10.1. The van der Waals surface area contributed by atoms with Crippen LogP contribution in [0.3, 0.4) is 0 Å². The summed E-state index contributed by atoms with van der Waals surface area (Å²) in [6.45, 7) is 2.62. The topological polar surface area (TPSA) is 51.2 Å². The summed E-state index contributed by atoms with van der Waals surface area (Å²) in [6.07, 6.45) is 8.74. The number of amides is 1. The van der Waals surface area contributed by atoms with Crippen molar-refractivity contribution in [3.05, 3.63) is 83.8 Å². The van der Waals surface area contributed by atoms with E-state index in [0.717, 1.165) is 30.2 Å². The van der Waals surface area contributed by atoms with Gasteiger partial charge in [-0.25, -0.2) is 4.39 Å². The van der Waals surface area contributed by atoms with Gasteiger partial charge in [-0.15, -0.1) is 0 Å². The number of aromatic nitrogens is 1.